The maximum atomic E-state index is 9.21. The first-order valence-corrected chi connectivity index (χ1v) is 6.44. The summed E-state index contributed by atoms with van der Waals surface area (Å²) >= 11 is 2.23. The summed E-state index contributed by atoms with van der Waals surface area (Å²) in [5, 5.41) is 18.4. The summed E-state index contributed by atoms with van der Waals surface area (Å²) in [6, 6.07) is 16.8. The maximum Gasteiger partial charge on any atom is 0.115 e. The number of allylic oxidation sites excluding steroid dienone is 1. The molecule has 2 aromatic carbocycles. The van der Waals surface area contributed by atoms with Gasteiger partial charge >= 0.3 is 0 Å². The minimum absolute atomic E-state index is 0.222. The van der Waals surface area contributed by atoms with E-state index in [0.717, 1.165) is 14.7 Å². The van der Waals surface area contributed by atoms with Gasteiger partial charge in [0.25, 0.3) is 0 Å². The van der Waals surface area contributed by atoms with Crippen molar-refractivity contribution in [3.05, 3.63) is 63.2 Å². The van der Waals surface area contributed by atoms with Gasteiger partial charge in [0.15, 0.2) is 0 Å². The van der Waals surface area contributed by atoms with Crippen molar-refractivity contribution in [1.29, 1.82) is 5.26 Å². The highest BCUT2D eigenvalue weighted by molar-refractivity contribution is 14.1. The van der Waals surface area contributed by atoms with E-state index in [1.165, 1.54) is 0 Å². The number of hydrogen-bond donors (Lipinski definition) is 1. The fourth-order valence-corrected chi connectivity index (χ4v) is 1.91. The average molecular weight is 347 g/mol. The van der Waals surface area contributed by atoms with Gasteiger partial charge in [0, 0.05) is 3.57 Å². The molecular formula is C15H10INO. The van der Waals surface area contributed by atoms with Crippen LogP contribution in [0.2, 0.25) is 0 Å². The normalized spacial score (nSPS) is 11.0. The minimum Gasteiger partial charge on any atom is -0.508 e. The number of nitriles is 1. The summed E-state index contributed by atoms with van der Waals surface area (Å²) in [7, 11) is 0. The van der Waals surface area contributed by atoms with E-state index in [1.807, 2.05) is 30.3 Å². The van der Waals surface area contributed by atoms with E-state index < -0.39 is 0 Å². The number of aromatic hydroxyl groups is 1. The first-order chi connectivity index (χ1) is 8.69. The molecule has 0 aliphatic carbocycles. The molecule has 0 saturated heterocycles. The zero-order valence-corrected chi connectivity index (χ0v) is 11.6. The molecule has 0 amide bonds. The summed E-state index contributed by atoms with van der Waals surface area (Å²) in [5.74, 6) is 0.222. The second-order valence-corrected chi connectivity index (χ2v) is 5.01. The van der Waals surface area contributed by atoms with Crippen LogP contribution < -0.4 is 0 Å². The Morgan fingerprint density at radius 3 is 2.22 bits per heavy atom. The monoisotopic (exact) mass is 347 g/mol. The lowest BCUT2D eigenvalue weighted by molar-refractivity contribution is 0.475. The first kappa shape index (κ1) is 12.7. The lowest BCUT2D eigenvalue weighted by atomic mass is 10.0. The third-order valence-corrected chi connectivity index (χ3v) is 3.20. The van der Waals surface area contributed by atoms with Gasteiger partial charge in [-0.05, 0) is 64.1 Å². The van der Waals surface area contributed by atoms with Crippen LogP contribution in [-0.4, -0.2) is 5.11 Å². The molecule has 0 atom stereocenters. The Bertz CT molecular complexity index is 606. The smallest absolute Gasteiger partial charge is 0.115 e. The Morgan fingerprint density at radius 2 is 1.67 bits per heavy atom. The van der Waals surface area contributed by atoms with Crippen molar-refractivity contribution in [2.24, 2.45) is 0 Å². The highest BCUT2D eigenvalue weighted by Crippen LogP contribution is 2.20. The lowest BCUT2D eigenvalue weighted by Crippen LogP contribution is -1.82. The van der Waals surface area contributed by atoms with E-state index in [1.54, 1.807) is 24.3 Å². The van der Waals surface area contributed by atoms with Crippen LogP contribution in [0.5, 0.6) is 5.75 Å². The molecular weight excluding hydrogens is 337 g/mol. The summed E-state index contributed by atoms with van der Waals surface area (Å²) in [5.41, 5.74) is 2.39. The Hall–Kier alpha value is -1.80. The summed E-state index contributed by atoms with van der Waals surface area (Å²) in [4.78, 5) is 0. The molecule has 0 unspecified atom stereocenters. The Morgan fingerprint density at radius 1 is 1.06 bits per heavy atom. The fraction of sp³-hybridized carbons (Fsp3) is 0. The molecule has 0 spiro atoms. The molecule has 3 heteroatoms. The molecule has 2 nitrogen and oxygen atoms in total. The fourth-order valence-electron chi connectivity index (χ4n) is 1.55. The predicted molar refractivity (Wildman–Crippen MR) is 80.7 cm³/mol. The van der Waals surface area contributed by atoms with E-state index in [0.29, 0.717) is 5.57 Å². The second-order valence-electron chi connectivity index (χ2n) is 3.77. The minimum atomic E-state index is 0.222. The third-order valence-electron chi connectivity index (χ3n) is 2.48. The van der Waals surface area contributed by atoms with E-state index in [2.05, 4.69) is 28.7 Å². The SMILES string of the molecule is N#C/C(=C/c1ccc(O)cc1)c1ccc(I)cc1. The summed E-state index contributed by atoms with van der Waals surface area (Å²) in [6.07, 6.45) is 1.81. The molecule has 0 heterocycles. The van der Waals surface area contributed by atoms with Gasteiger partial charge in [-0.15, -0.1) is 0 Å². The van der Waals surface area contributed by atoms with E-state index in [9.17, 15) is 10.4 Å². The highest BCUT2D eigenvalue weighted by Gasteiger charge is 2.01. The van der Waals surface area contributed by atoms with Crippen LogP contribution in [0.4, 0.5) is 0 Å². The molecule has 0 aliphatic heterocycles. The molecule has 0 bridgehead atoms. The molecule has 0 aliphatic rings. The molecule has 1 N–H and O–H groups in total. The van der Waals surface area contributed by atoms with Crippen LogP contribution in [0.25, 0.3) is 11.6 Å². The molecule has 0 radical (unpaired) electrons. The molecule has 88 valence electrons. The topological polar surface area (TPSA) is 44.0 Å². The van der Waals surface area contributed by atoms with Crippen molar-refractivity contribution in [2.75, 3.05) is 0 Å². The second kappa shape index (κ2) is 5.69. The summed E-state index contributed by atoms with van der Waals surface area (Å²) in [6.45, 7) is 0. The van der Waals surface area contributed by atoms with Crippen molar-refractivity contribution in [1.82, 2.24) is 0 Å². The largest absolute Gasteiger partial charge is 0.508 e. The molecule has 0 fully saturated rings. The van der Waals surface area contributed by atoms with E-state index in [-0.39, 0.29) is 5.75 Å². The number of benzene rings is 2. The van der Waals surface area contributed by atoms with Crippen LogP contribution >= 0.6 is 22.6 Å². The van der Waals surface area contributed by atoms with Gasteiger partial charge in [-0.2, -0.15) is 5.26 Å². The lowest BCUT2D eigenvalue weighted by Gasteiger charge is -2.00. The van der Waals surface area contributed by atoms with Crippen LogP contribution in [0, 0.1) is 14.9 Å². The average Bonchev–Trinajstić information content (AvgIpc) is 2.39. The number of phenols is 1. The van der Waals surface area contributed by atoms with Crippen LogP contribution in [0.3, 0.4) is 0 Å². The van der Waals surface area contributed by atoms with Gasteiger partial charge in [0.05, 0.1) is 11.6 Å². The number of phenolic OH excluding ortho intramolecular Hbond substituents is 1. The summed E-state index contributed by atoms with van der Waals surface area (Å²) < 4.78 is 1.14. The molecule has 18 heavy (non-hydrogen) atoms. The van der Waals surface area contributed by atoms with Crippen LogP contribution in [0.1, 0.15) is 11.1 Å². The number of nitrogens with zero attached hydrogens (tertiary/aromatic N) is 1. The maximum absolute atomic E-state index is 9.21. The Balaban J connectivity index is 2.37. The van der Waals surface area contributed by atoms with Crippen molar-refractivity contribution in [3.63, 3.8) is 0 Å². The molecule has 2 rings (SSSR count). The highest BCUT2D eigenvalue weighted by atomic mass is 127. The first-order valence-electron chi connectivity index (χ1n) is 5.36. The standard InChI is InChI=1S/C15H10INO/c16-14-5-3-12(4-6-14)13(10-17)9-11-1-7-15(18)8-2-11/h1-9,18H/b13-9-. The van der Waals surface area contributed by atoms with Gasteiger partial charge in [0.1, 0.15) is 5.75 Å². The molecule has 2 aromatic rings. The van der Waals surface area contributed by atoms with Gasteiger partial charge in [-0.3, -0.25) is 0 Å². The predicted octanol–water partition coefficient (Wildman–Crippen LogP) is 4.06. The van der Waals surface area contributed by atoms with E-state index >= 15 is 0 Å². The van der Waals surface area contributed by atoms with Crippen molar-refractivity contribution < 1.29 is 5.11 Å². The Labute approximate surface area is 119 Å². The van der Waals surface area contributed by atoms with Crippen LogP contribution in [-0.2, 0) is 0 Å². The van der Waals surface area contributed by atoms with Crippen molar-refractivity contribution >= 4 is 34.2 Å². The number of hydrogen-bond acceptors (Lipinski definition) is 2. The van der Waals surface area contributed by atoms with Gasteiger partial charge in [-0.1, -0.05) is 24.3 Å². The third kappa shape index (κ3) is 3.11. The van der Waals surface area contributed by atoms with Crippen LogP contribution in [0.15, 0.2) is 48.5 Å². The van der Waals surface area contributed by atoms with Crippen molar-refractivity contribution in [3.8, 4) is 11.8 Å². The van der Waals surface area contributed by atoms with Gasteiger partial charge in [-0.25, -0.2) is 0 Å². The van der Waals surface area contributed by atoms with E-state index in [4.69, 9.17) is 0 Å². The number of halogens is 1. The molecule has 0 aromatic heterocycles. The van der Waals surface area contributed by atoms with Crippen molar-refractivity contribution in [2.45, 2.75) is 0 Å². The zero-order chi connectivity index (χ0) is 13.0. The Kier molecular flexibility index (Phi) is 4.00. The zero-order valence-electron chi connectivity index (χ0n) is 9.47. The molecule has 0 saturated carbocycles. The van der Waals surface area contributed by atoms with Gasteiger partial charge in [0.2, 0.25) is 0 Å². The number of rotatable bonds is 2. The quantitative estimate of drug-likeness (QED) is 0.506. The van der Waals surface area contributed by atoms with Gasteiger partial charge < -0.3 is 5.11 Å².